The molecule has 0 bridgehead atoms. The van der Waals surface area contributed by atoms with Gasteiger partial charge in [-0.05, 0) is 41.6 Å². The molecule has 1 aromatic heterocycles. The summed E-state index contributed by atoms with van der Waals surface area (Å²) < 4.78 is 44.8. The maximum absolute atomic E-state index is 13.0. The molecule has 0 aliphatic carbocycles. The number of rotatable bonds is 4. The van der Waals surface area contributed by atoms with Crippen LogP contribution in [0.25, 0.3) is 17.4 Å². The number of amidine groups is 1. The van der Waals surface area contributed by atoms with E-state index in [9.17, 15) is 18.0 Å². The van der Waals surface area contributed by atoms with Gasteiger partial charge < -0.3 is 9.32 Å². The molecule has 1 saturated heterocycles. The van der Waals surface area contributed by atoms with Gasteiger partial charge in [-0.1, -0.05) is 42.5 Å². The summed E-state index contributed by atoms with van der Waals surface area (Å²) in [5.41, 5.74) is 0.854. The minimum absolute atomic E-state index is 0.300. The summed E-state index contributed by atoms with van der Waals surface area (Å²) in [6.07, 6.45) is -2.84. The van der Waals surface area contributed by atoms with Gasteiger partial charge in [0, 0.05) is 44.4 Å². The predicted octanol–water partition coefficient (Wildman–Crippen LogP) is 5.75. The molecule has 2 aliphatic heterocycles. The summed E-state index contributed by atoms with van der Waals surface area (Å²) in [5.74, 6) is 0.347. The van der Waals surface area contributed by atoms with E-state index in [0.717, 1.165) is 44.9 Å². The van der Waals surface area contributed by atoms with Crippen molar-refractivity contribution in [3.8, 4) is 11.3 Å². The first-order valence-electron chi connectivity index (χ1n) is 11.2. The zero-order valence-corrected chi connectivity index (χ0v) is 19.5. The van der Waals surface area contributed by atoms with Crippen molar-refractivity contribution in [2.75, 3.05) is 26.2 Å². The number of nitrogens with zero attached hydrogens (tertiary/aromatic N) is 3. The van der Waals surface area contributed by atoms with Crippen LogP contribution in [0.15, 0.2) is 81.0 Å². The van der Waals surface area contributed by atoms with E-state index in [1.807, 2.05) is 18.2 Å². The smallest absolute Gasteiger partial charge is 0.416 e. The molecule has 180 valence electrons. The number of thioether (sulfide) groups is 1. The van der Waals surface area contributed by atoms with Crippen LogP contribution in [0.4, 0.5) is 13.2 Å². The van der Waals surface area contributed by atoms with E-state index in [0.29, 0.717) is 27.2 Å². The van der Waals surface area contributed by atoms with Gasteiger partial charge >= 0.3 is 6.18 Å². The number of piperazine rings is 1. The highest BCUT2D eigenvalue weighted by Crippen LogP contribution is 2.34. The lowest BCUT2D eigenvalue weighted by Crippen LogP contribution is -2.47. The van der Waals surface area contributed by atoms with Crippen molar-refractivity contribution in [2.45, 2.75) is 12.7 Å². The van der Waals surface area contributed by atoms with Gasteiger partial charge in [0.05, 0.1) is 10.5 Å². The van der Waals surface area contributed by atoms with Crippen LogP contribution in [0.5, 0.6) is 0 Å². The van der Waals surface area contributed by atoms with Gasteiger partial charge in [-0.3, -0.25) is 9.69 Å². The Kier molecular flexibility index (Phi) is 6.53. The first-order valence-corrected chi connectivity index (χ1v) is 12.0. The number of alkyl halides is 3. The Labute approximate surface area is 204 Å². The van der Waals surface area contributed by atoms with Crippen LogP contribution in [0.2, 0.25) is 0 Å². The number of amides is 1. The van der Waals surface area contributed by atoms with E-state index in [2.05, 4.69) is 26.9 Å². The number of halogens is 3. The van der Waals surface area contributed by atoms with Crippen LogP contribution in [0.3, 0.4) is 0 Å². The number of carbonyl (C=O) groups excluding carboxylic acids is 1. The SMILES string of the molecule is O=C1N=C(N2CCN(Cc3ccccc3)CC2)SC1=Cc1ccc(-c2cccc(C(F)(F)F)c2)o1. The molecule has 5 rings (SSSR count). The highest BCUT2D eigenvalue weighted by Gasteiger charge is 2.31. The Bertz CT molecular complexity index is 1280. The second-order valence-corrected chi connectivity index (χ2v) is 9.35. The normalized spacial score (nSPS) is 18.4. The topological polar surface area (TPSA) is 49.1 Å². The third-order valence-corrected chi connectivity index (χ3v) is 6.92. The average Bonchev–Trinajstić information content (AvgIpc) is 3.47. The minimum Gasteiger partial charge on any atom is -0.457 e. The summed E-state index contributed by atoms with van der Waals surface area (Å²) in [7, 11) is 0. The first kappa shape index (κ1) is 23.4. The number of aliphatic imine (C=N–C) groups is 1. The third-order valence-electron chi connectivity index (χ3n) is 5.88. The molecule has 0 unspecified atom stereocenters. The molecule has 0 atom stereocenters. The van der Waals surface area contributed by atoms with Gasteiger partial charge in [0.25, 0.3) is 5.91 Å². The van der Waals surface area contributed by atoms with Crippen LogP contribution < -0.4 is 0 Å². The number of hydrogen-bond acceptors (Lipinski definition) is 5. The van der Waals surface area contributed by atoms with Crippen molar-refractivity contribution in [2.24, 2.45) is 4.99 Å². The van der Waals surface area contributed by atoms with Gasteiger partial charge in [0.15, 0.2) is 5.17 Å². The molecule has 0 spiro atoms. The molecule has 3 aromatic rings. The van der Waals surface area contributed by atoms with Crippen LogP contribution in [0, 0.1) is 0 Å². The first-order chi connectivity index (χ1) is 16.8. The fourth-order valence-electron chi connectivity index (χ4n) is 4.04. The van der Waals surface area contributed by atoms with Crippen LogP contribution in [0.1, 0.15) is 16.9 Å². The van der Waals surface area contributed by atoms with Gasteiger partial charge in [-0.25, -0.2) is 0 Å². The minimum atomic E-state index is -4.43. The van der Waals surface area contributed by atoms with Crippen molar-refractivity contribution in [1.29, 1.82) is 0 Å². The molecule has 9 heteroatoms. The van der Waals surface area contributed by atoms with Crippen molar-refractivity contribution >= 4 is 28.9 Å². The third kappa shape index (κ3) is 5.52. The van der Waals surface area contributed by atoms with Gasteiger partial charge in [-0.15, -0.1) is 0 Å². The van der Waals surface area contributed by atoms with Crippen LogP contribution >= 0.6 is 11.8 Å². The van der Waals surface area contributed by atoms with E-state index in [-0.39, 0.29) is 5.91 Å². The average molecular weight is 498 g/mol. The highest BCUT2D eigenvalue weighted by atomic mass is 32.2. The molecule has 0 radical (unpaired) electrons. The van der Waals surface area contributed by atoms with E-state index >= 15 is 0 Å². The van der Waals surface area contributed by atoms with Crippen molar-refractivity contribution in [1.82, 2.24) is 9.80 Å². The molecule has 0 saturated carbocycles. The van der Waals surface area contributed by atoms with E-state index in [1.54, 1.807) is 24.3 Å². The molecular formula is C26H22F3N3O2S. The lowest BCUT2D eigenvalue weighted by atomic mass is 10.1. The standard InChI is InChI=1S/C26H22F3N3O2S/c27-26(28,29)20-8-4-7-19(15-20)22-10-9-21(34-22)16-23-24(33)30-25(35-23)32-13-11-31(12-14-32)17-18-5-2-1-3-6-18/h1-10,15-16H,11-14,17H2. The Hall–Kier alpha value is -3.30. The summed E-state index contributed by atoms with van der Waals surface area (Å²) in [6, 6.07) is 18.5. The van der Waals surface area contributed by atoms with E-state index in [4.69, 9.17) is 4.42 Å². The van der Waals surface area contributed by atoms with Crippen LogP contribution in [-0.2, 0) is 17.5 Å². The number of carbonyl (C=O) groups is 1. The maximum Gasteiger partial charge on any atom is 0.416 e. The molecule has 35 heavy (non-hydrogen) atoms. The van der Waals surface area contributed by atoms with Crippen LogP contribution in [-0.4, -0.2) is 47.1 Å². The second-order valence-electron chi connectivity index (χ2n) is 8.34. The summed E-state index contributed by atoms with van der Waals surface area (Å²) >= 11 is 1.30. The van der Waals surface area contributed by atoms with Gasteiger partial charge in [0.1, 0.15) is 11.5 Å². The molecule has 1 fully saturated rings. The van der Waals surface area contributed by atoms with E-state index in [1.165, 1.54) is 23.4 Å². The Morgan fingerprint density at radius 2 is 1.74 bits per heavy atom. The Balaban J connectivity index is 1.21. The largest absolute Gasteiger partial charge is 0.457 e. The number of furan rings is 1. The number of hydrogen-bond donors (Lipinski definition) is 0. The molecular weight excluding hydrogens is 475 g/mol. The highest BCUT2D eigenvalue weighted by molar-refractivity contribution is 8.18. The summed E-state index contributed by atoms with van der Waals surface area (Å²) in [5, 5.41) is 0.672. The fraction of sp³-hybridized carbons (Fsp3) is 0.231. The second kappa shape index (κ2) is 9.75. The lowest BCUT2D eigenvalue weighted by molar-refractivity contribution is -0.137. The monoisotopic (exact) mass is 497 g/mol. The van der Waals surface area contributed by atoms with Crippen molar-refractivity contribution in [3.63, 3.8) is 0 Å². The predicted molar refractivity (Wildman–Crippen MR) is 130 cm³/mol. The maximum atomic E-state index is 13.0. The Morgan fingerprint density at radius 3 is 2.49 bits per heavy atom. The molecule has 2 aliphatic rings. The Morgan fingerprint density at radius 1 is 0.971 bits per heavy atom. The van der Waals surface area contributed by atoms with Crippen molar-refractivity contribution in [3.05, 3.63) is 88.5 Å². The quantitative estimate of drug-likeness (QED) is 0.430. The molecule has 0 N–H and O–H groups in total. The lowest BCUT2D eigenvalue weighted by Gasteiger charge is -2.35. The molecule has 1 amide bonds. The summed E-state index contributed by atoms with van der Waals surface area (Å²) in [4.78, 5) is 21.6. The fourth-order valence-corrected chi connectivity index (χ4v) is 4.98. The molecule has 3 heterocycles. The summed E-state index contributed by atoms with van der Waals surface area (Å²) in [6.45, 7) is 4.20. The van der Waals surface area contributed by atoms with E-state index < -0.39 is 11.7 Å². The van der Waals surface area contributed by atoms with Crippen molar-refractivity contribution < 1.29 is 22.4 Å². The molecule has 5 nitrogen and oxygen atoms in total. The number of benzene rings is 2. The molecule has 2 aromatic carbocycles. The zero-order chi connectivity index (χ0) is 24.4. The van der Waals surface area contributed by atoms with Gasteiger partial charge in [-0.2, -0.15) is 18.2 Å². The van der Waals surface area contributed by atoms with Gasteiger partial charge in [0.2, 0.25) is 0 Å². The zero-order valence-electron chi connectivity index (χ0n) is 18.7.